The van der Waals surface area contributed by atoms with Crippen LogP contribution in [-0.2, 0) is 14.4 Å². The molecule has 0 bridgehead atoms. The zero-order valence-corrected chi connectivity index (χ0v) is 18.9. The standard InChI is InChI=1S/C21H35N3O4S/c1-14-7-8-16(29-14)17(26)24-12-20(13-24,19(3,4)28)11-22-18(27)21(23-15(2)25)9-5-6-10-21/h14,16,28H,5-13H2,1-4H3,(H,22,27)(H,23,25). The van der Waals surface area contributed by atoms with Crippen molar-refractivity contribution in [3.05, 3.63) is 0 Å². The van der Waals surface area contributed by atoms with Crippen molar-refractivity contribution in [1.29, 1.82) is 0 Å². The van der Waals surface area contributed by atoms with E-state index in [4.69, 9.17) is 0 Å². The summed E-state index contributed by atoms with van der Waals surface area (Å²) in [5.41, 5.74) is -2.46. The number of nitrogens with zero attached hydrogens (tertiary/aromatic N) is 1. The van der Waals surface area contributed by atoms with Crippen LogP contribution in [0, 0.1) is 5.41 Å². The van der Waals surface area contributed by atoms with Crippen LogP contribution in [0.4, 0.5) is 0 Å². The molecule has 0 aromatic carbocycles. The SMILES string of the molecule is CC(=O)NC1(C(=O)NCC2(C(C)(C)O)CN(C(=O)C3CCC(C)S3)C2)CCCC1. The van der Waals surface area contributed by atoms with E-state index in [-0.39, 0.29) is 29.5 Å². The number of likely N-dealkylation sites (tertiary alicyclic amines) is 1. The maximum atomic E-state index is 13.0. The van der Waals surface area contributed by atoms with Gasteiger partial charge in [0, 0.05) is 31.8 Å². The average Bonchev–Trinajstić information content (AvgIpc) is 3.21. The molecule has 3 amide bonds. The fraction of sp³-hybridized carbons (Fsp3) is 0.857. The summed E-state index contributed by atoms with van der Waals surface area (Å²) in [6.07, 6.45) is 5.05. The molecule has 0 radical (unpaired) electrons. The van der Waals surface area contributed by atoms with Crippen molar-refractivity contribution in [2.75, 3.05) is 19.6 Å². The molecule has 2 aliphatic heterocycles. The Balaban J connectivity index is 1.63. The molecule has 3 aliphatic rings. The molecule has 2 heterocycles. The summed E-state index contributed by atoms with van der Waals surface area (Å²) < 4.78 is 0. The van der Waals surface area contributed by atoms with Gasteiger partial charge in [-0.15, -0.1) is 11.8 Å². The molecule has 3 rings (SSSR count). The van der Waals surface area contributed by atoms with Crippen molar-refractivity contribution in [3.8, 4) is 0 Å². The van der Waals surface area contributed by atoms with E-state index in [1.807, 2.05) is 4.90 Å². The molecule has 0 spiro atoms. The number of thioether (sulfide) groups is 1. The first-order chi connectivity index (χ1) is 13.5. The molecule has 1 aliphatic carbocycles. The van der Waals surface area contributed by atoms with E-state index in [0.29, 0.717) is 31.2 Å². The van der Waals surface area contributed by atoms with Gasteiger partial charge in [-0.2, -0.15) is 0 Å². The van der Waals surface area contributed by atoms with Crippen molar-refractivity contribution >= 4 is 29.5 Å². The second-order valence-electron chi connectivity index (χ2n) is 9.70. The summed E-state index contributed by atoms with van der Waals surface area (Å²) in [4.78, 5) is 39.2. The van der Waals surface area contributed by atoms with Crippen LogP contribution in [0.3, 0.4) is 0 Å². The largest absolute Gasteiger partial charge is 0.390 e. The van der Waals surface area contributed by atoms with Gasteiger partial charge in [0.15, 0.2) is 0 Å². The minimum absolute atomic E-state index is 0.0147. The number of carbonyl (C=O) groups is 3. The van der Waals surface area contributed by atoms with Crippen molar-refractivity contribution in [1.82, 2.24) is 15.5 Å². The van der Waals surface area contributed by atoms with E-state index < -0.39 is 16.6 Å². The Labute approximate surface area is 177 Å². The summed E-state index contributed by atoms with van der Waals surface area (Å²) in [6, 6.07) is 0. The first kappa shape index (κ1) is 22.4. The fourth-order valence-corrected chi connectivity index (χ4v) is 6.26. The van der Waals surface area contributed by atoms with E-state index in [1.54, 1.807) is 25.6 Å². The molecule has 29 heavy (non-hydrogen) atoms. The Kier molecular flexibility index (Phi) is 6.26. The van der Waals surface area contributed by atoms with Gasteiger partial charge in [-0.3, -0.25) is 14.4 Å². The normalized spacial score (nSPS) is 28.0. The van der Waals surface area contributed by atoms with Gasteiger partial charge >= 0.3 is 0 Å². The second-order valence-corrected chi connectivity index (χ2v) is 11.3. The Morgan fingerprint density at radius 3 is 2.28 bits per heavy atom. The minimum Gasteiger partial charge on any atom is -0.390 e. The Hall–Kier alpha value is -1.28. The summed E-state index contributed by atoms with van der Waals surface area (Å²) in [7, 11) is 0. The Bertz CT molecular complexity index is 663. The minimum atomic E-state index is -1.04. The van der Waals surface area contributed by atoms with E-state index in [9.17, 15) is 19.5 Å². The Morgan fingerprint density at radius 2 is 1.79 bits per heavy atom. The third kappa shape index (κ3) is 4.43. The van der Waals surface area contributed by atoms with Gasteiger partial charge in [0.1, 0.15) is 5.54 Å². The molecule has 164 valence electrons. The summed E-state index contributed by atoms with van der Waals surface area (Å²) in [6.45, 7) is 8.23. The highest BCUT2D eigenvalue weighted by Crippen LogP contribution is 2.43. The smallest absolute Gasteiger partial charge is 0.245 e. The number of amides is 3. The fourth-order valence-electron chi connectivity index (χ4n) is 4.89. The number of nitrogens with one attached hydrogen (secondary N) is 2. The third-order valence-corrected chi connectivity index (χ3v) is 8.46. The molecule has 2 saturated heterocycles. The molecule has 7 nitrogen and oxygen atoms in total. The first-order valence-electron chi connectivity index (χ1n) is 10.7. The maximum Gasteiger partial charge on any atom is 0.245 e. The molecule has 2 atom stereocenters. The molecular weight excluding hydrogens is 390 g/mol. The topological polar surface area (TPSA) is 98.7 Å². The number of aliphatic hydroxyl groups is 1. The molecule has 2 unspecified atom stereocenters. The van der Waals surface area contributed by atoms with Crippen LogP contribution < -0.4 is 10.6 Å². The lowest BCUT2D eigenvalue weighted by molar-refractivity contribution is -0.167. The average molecular weight is 426 g/mol. The number of carbonyl (C=O) groups excluding carboxylic acids is 3. The number of hydrogen-bond donors (Lipinski definition) is 3. The van der Waals surface area contributed by atoms with Crippen LogP contribution in [0.2, 0.25) is 0 Å². The predicted molar refractivity (Wildman–Crippen MR) is 113 cm³/mol. The summed E-state index contributed by atoms with van der Waals surface area (Å²) in [5, 5.41) is 17.2. The third-order valence-electron chi connectivity index (χ3n) is 7.00. The second kappa shape index (κ2) is 8.10. The quantitative estimate of drug-likeness (QED) is 0.598. The predicted octanol–water partition coefficient (Wildman–Crippen LogP) is 1.44. The van der Waals surface area contributed by atoms with Crippen LogP contribution in [0.1, 0.15) is 66.2 Å². The van der Waals surface area contributed by atoms with Gasteiger partial charge in [-0.05, 0) is 39.5 Å². The van der Waals surface area contributed by atoms with Gasteiger partial charge in [-0.25, -0.2) is 0 Å². The monoisotopic (exact) mass is 425 g/mol. The van der Waals surface area contributed by atoms with Crippen molar-refractivity contribution in [3.63, 3.8) is 0 Å². The van der Waals surface area contributed by atoms with E-state index >= 15 is 0 Å². The van der Waals surface area contributed by atoms with Gasteiger partial charge < -0.3 is 20.6 Å². The van der Waals surface area contributed by atoms with Crippen molar-refractivity contribution in [2.45, 2.75) is 87.9 Å². The molecule has 0 aromatic rings. The highest BCUT2D eigenvalue weighted by Gasteiger charge is 2.56. The number of hydrogen-bond acceptors (Lipinski definition) is 5. The summed E-state index contributed by atoms with van der Waals surface area (Å²) >= 11 is 1.74. The van der Waals surface area contributed by atoms with Gasteiger partial charge in [0.2, 0.25) is 17.7 Å². The lowest BCUT2D eigenvalue weighted by Gasteiger charge is -2.56. The van der Waals surface area contributed by atoms with E-state index in [1.165, 1.54) is 6.92 Å². The van der Waals surface area contributed by atoms with Crippen molar-refractivity contribution in [2.24, 2.45) is 5.41 Å². The van der Waals surface area contributed by atoms with E-state index in [2.05, 4.69) is 17.6 Å². The van der Waals surface area contributed by atoms with Crippen LogP contribution in [0.25, 0.3) is 0 Å². The molecule has 1 saturated carbocycles. The van der Waals surface area contributed by atoms with Crippen LogP contribution in [0.5, 0.6) is 0 Å². The molecule has 3 fully saturated rings. The molecular formula is C21H35N3O4S. The summed E-state index contributed by atoms with van der Waals surface area (Å²) in [5.74, 6) is -0.238. The molecule has 0 aromatic heterocycles. The lowest BCUT2D eigenvalue weighted by atomic mass is 9.67. The van der Waals surface area contributed by atoms with Gasteiger partial charge in [0.25, 0.3) is 0 Å². The lowest BCUT2D eigenvalue weighted by Crippen LogP contribution is -2.72. The van der Waals surface area contributed by atoms with Crippen LogP contribution in [0.15, 0.2) is 0 Å². The van der Waals surface area contributed by atoms with E-state index in [0.717, 1.165) is 25.7 Å². The van der Waals surface area contributed by atoms with Crippen molar-refractivity contribution < 1.29 is 19.5 Å². The zero-order valence-electron chi connectivity index (χ0n) is 18.0. The van der Waals surface area contributed by atoms with Gasteiger partial charge in [-0.1, -0.05) is 19.8 Å². The molecule has 8 heteroatoms. The Morgan fingerprint density at radius 1 is 1.17 bits per heavy atom. The first-order valence-corrected chi connectivity index (χ1v) is 11.7. The maximum absolute atomic E-state index is 13.0. The zero-order chi connectivity index (χ0) is 21.4. The number of rotatable bonds is 6. The molecule has 3 N–H and O–H groups in total. The van der Waals surface area contributed by atoms with Crippen LogP contribution in [-0.4, -0.2) is 69.0 Å². The van der Waals surface area contributed by atoms with Crippen LogP contribution >= 0.6 is 11.8 Å². The highest BCUT2D eigenvalue weighted by molar-refractivity contribution is 8.01. The highest BCUT2D eigenvalue weighted by atomic mass is 32.2. The van der Waals surface area contributed by atoms with Gasteiger partial charge in [0.05, 0.1) is 16.3 Å².